The third-order valence-electron chi connectivity index (χ3n) is 13.6. The SMILES string of the molecule is CC/C=C\C/C=C\C/C=C\C/C=C\C/C=C\C/C=C\C/C=C\C/C=C\C/C=C\CCCCCC(=O)OCC(COC(=O)CCCCCCC/C=C\CCCCCC)OC(=O)CCCCCCCCC/C=C\CCCCCCCC. The van der Waals surface area contributed by atoms with Gasteiger partial charge in [0.15, 0.2) is 6.10 Å². The lowest BCUT2D eigenvalue weighted by atomic mass is 10.1. The van der Waals surface area contributed by atoms with Crippen molar-refractivity contribution in [2.75, 3.05) is 13.2 Å². The van der Waals surface area contributed by atoms with E-state index in [0.717, 1.165) is 135 Å². The number of rotatable bonds is 58. The molecule has 0 radical (unpaired) electrons. The molecule has 0 saturated carbocycles. The minimum absolute atomic E-state index is 0.0971. The van der Waals surface area contributed by atoms with Gasteiger partial charge in [0.05, 0.1) is 0 Å². The van der Waals surface area contributed by atoms with E-state index in [1.165, 1.54) is 116 Å². The minimum Gasteiger partial charge on any atom is -0.462 e. The zero-order valence-corrected chi connectivity index (χ0v) is 51.3. The van der Waals surface area contributed by atoms with E-state index in [-0.39, 0.29) is 31.1 Å². The van der Waals surface area contributed by atoms with Gasteiger partial charge >= 0.3 is 17.9 Å². The van der Waals surface area contributed by atoms with Crippen LogP contribution in [0.3, 0.4) is 0 Å². The van der Waals surface area contributed by atoms with E-state index in [9.17, 15) is 14.4 Å². The molecule has 0 aromatic carbocycles. The Bertz CT molecular complexity index is 1680. The molecule has 0 heterocycles. The minimum atomic E-state index is -0.802. The molecule has 0 aromatic heterocycles. The summed E-state index contributed by atoms with van der Waals surface area (Å²) in [5, 5.41) is 0. The molecule has 0 fully saturated rings. The Kier molecular flexibility index (Phi) is 62.3. The number of ether oxygens (including phenoxy) is 3. The summed E-state index contributed by atoms with van der Waals surface area (Å²) in [4.78, 5) is 38.3. The van der Waals surface area contributed by atoms with Crippen molar-refractivity contribution in [2.24, 2.45) is 0 Å². The normalized spacial score (nSPS) is 13.0. The highest BCUT2D eigenvalue weighted by atomic mass is 16.6. The monoisotopic (exact) mass is 1090 g/mol. The highest BCUT2D eigenvalue weighted by Gasteiger charge is 2.19. The first-order valence-electron chi connectivity index (χ1n) is 32.7. The van der Waals surface area contributed by atoms with Crippen LogP contribution in [0.15, 0.2) is 134 Å². The van der Waals surface area contributed by atoms with E-state index in [2.05, 4.69) is 154 Å². The largest absolute Gasteiger partial charge is 0.462 e. The molecule has 0 aromatic rings. The second kappa shape index (κ2) is 66.1. The van der Waals surface area contributed by atoms with Gasteiger partial charge in [0.1, 0.15) is 13.2 Å². The van der Waals surface area contributed by atoms with Gasteiger partial charge in [-0.3, -0.25) is 14.4 Å². The van der Waals surface area contributed by atoms with Gasteiger partial charge in [-0.15, -0.1) is 0 Å². The fraction of sp³-hybridized carbons (Fsp3) is 0.658. The molecule has 79 heavy (non-hydrogen) atoms. The Morgan fingerprint density at radius 2 is 0.494 bits per heavy atom. The van der Waals surface area contributed by atoms with E-state index in [1.807, 2.05) is 0 Å². The van der Waals surface area contributed by atoms with Gasteiger partial charge in [-0.05, 0) is 141 Å². The second-order valence-corrected chi connectivity index (χ2v) is 21.3. The molecule has 0 aliphatic rings. The molecule has 0 N–H and O–H groups in total. The number of allylic oxidation sites excluding steroid dienone is 22. The summed E-state index contributed by atoms with van der Waals surface area (Å²) >= 11 is 0. The molecule has 448 valence electrons. The van der Waals surface area contributed by atoms with Crippen molar-refractivity contribution >= 4 is 17.9 Å². The van der Waals surface area contributed by atoms with Crippen LogP contribution in [-0.4, -0.2) is 37.2 Å². The molecule has 1 unspecified atom stereocenters. The fourth-order valence-corrected chi connectivity index (χ4v) is 8.72. The van der Waals surface area contributed by atoms with Gasteiger partial charge in [-0.2, -0.15) is 0 Å². The predicted octanol–water partition coefficient (Wildman–Crippen LogP) is 22.5. The zero-order chi connectivity index (χ0) is 57.1. The van der Waals surface area contributed by atoms with Gasteiger partial charge in [0.25, 0.3) is 0 Å². The Labute approximate surface area is 487 Å². The predicted molar refractivity (Wildman–Crippen MR) is 343 cm³/mol. The Balaban J connectivity index is 4.39. The molecular weight excluding hydrogens is 973 g/mol. The fourth-order valence-electron chi connectivity index (χ4n) is 8.72. The molecule has 0 saturated heterocycles. The summed E-state index contributed by atoms with van der Waals surface area (Å²) in [7, 11) is 0. The maximum atomic E-state index is 12.9. The van der Waals surface area contributed by atoms with Gasteiger partial charge in [0, 0.05) is 19.3 Å². The Morgan fingerprint density at radius 1 is 0.266 bits per heavy atom. The molecule has 0 aliphatic heterocycles. The van der Waals surface area contributed by atoms with Crippen LogP contribution >= 0.6 is 0 Å². The highest BCUT2D eigenvalue weighted by molar-refractivity contribution is 5.71. The highest BCUT2D eigenvalue weighted by Crippen LogP contribution is 2.15. The van der Waals surface area contributed by atoms with Crippen LogP contribution in [-0.2, 0) is 28.6 Å². The average molecular weight is 1090 g/mol. The number of esters is 3. The van der Waals surface area contributed by atoms with Crippen molar-refractivity contribution in [1.29, 1.82) is 0 Å². The maximum absolute atomic E-state index is 12.9. The molecule has 0 bridgehead atoms. The Hall–Kier alpha value is -4.45. The van der Waals surface area contributed by atoms with Crippen LogP contribution in [0.2, 0.25) is 0 Å². The number of hydrogen-bond donors (Lipinski definition) is 0. The molecule has 0 aliphatic carbocycles. The number of carbonyl (C=O) groups is 3. The summed E-state index contributed by atoms with van der Waals surface area (Å²) in [5.41, 5.74) is 0. The van der Waals surface area contributed by atoms with E-state index in [1.54, 1.807) is 0 Å². The molecule has 6 heteroatoms. The zero-order valence-electron chi connectivity index (χ0n) is 51.3. The lowest BCUT2D eigenvalue weighted by molar-refractivity contribution is -0.167. The summed E-state index contributed by atoms with van der Waals surface area (Å²) in [6.07, 6.45) is 93.1. The molecular formula is C73H120O6. The first-order valence-corrected chi connectivity index (χ1v) is 32.7. The van der Waals surface area contributed by atoms with Crippen LogP contribution in [0.5, 0.6) is 0 Å². The summed E-state index contributed by atoms with van der Waals surface area (Å²) in [5.74, 6) is -0.941. The van der Waals surface area contributed by atoms with Crippen LogP contribution < -0.4 is 0 Å². The third kappa shape index (κ3) is 64.3. The van der Waals surface area contributed by atoms with Gasteiger partial charge in [-0.25, -0.2) is 0 Å². The number of hydrogen-bond acceptors (Lipinski definition) is 6. The van der Waals surface area contributed by atoms with Gasteiger partial charge in [-0.1, -0.05) is 264 Å². The smallest absolute Gasteiger partial charge is 0.306 e. The standard InChI is InChI=1S/C73H120O6/c1-4-7-10-13-16-19-22-25-27-29-30-31-32-33-34-35-36-37-38-39-40-41-42-44-45-48-51-54-57-60-63-66-72(75)78-69-70(68-77-71(74)65-62-59-56-53-50-47-24-21-18-15-12-9-6-3)79-73(76)67-64-61-58-55-52-49-46-43-28-26-23-20-17-14-11-8-5-2/h7,10,16,19,21,24-28,30-31,33-34,36-37,39-40,42,44,48,51,70H,4-6,8-9,11-15,17-18,20,22-23,29,32,35,38,41,43,45-47,49-50,52-69H2,1-3H3/b10-7-,19-16-,24-21-,27-25-,28-26-,31-30-,34-33-,37-36-,40-39-,44-42-,51-48-. The second-order valence-electron chi connectivity index (χ2n) is 21.3. The first kappa shape index (κ1) is 74.5. The van der Waals surface area contributed by atoms with E-state index >= 15 is 0 Å². The molecule has 0 spiro atoms. The van der Waals surface area contributed by atoms with Crippen molar-refractivity contribution in [1.82, 2.24) is 0 Å². The van der Waals surface area contributed by atoms with Crippen LogP contribution in [0, 0.1) is 0 Å². The van der Waals surface area contributed by atoms with E-state index < -0.39 is 6.10 Å². The lowest BCUT2D eigenvalue weighted by Crippen LogP contribution is -2.30. The average Bonchev–Trinajstić information content (AvgIpc) is 3.45. The van der Waals surface area contributed by atoms with Gasteiger partial charge in [0.2, 0.25) is 0 Å². The van der Waals surface area contributed by atoms with Crippen molar-refractivity contribution in [2.45, 2.75) is 297 Å². The van der Waals surface area contributed by atoms with Crippen molar-refractivity contribution in [3.8, 4) is 0 Å². The lowest BCUT2D eigenvalue weighted by Gasteiger charge is -2.18. The molecule has 0 rings (SSSR count). The van der Waals surface area contributed by atoms with Crippen molar-refractivity contribution in [3.05, 3.63) is 134 Å². The third-order valence-corrected chi connectivity index (χ3v) is 13.6. The van der Waals surface area contributed by atoms with Crippen molar-refractivity contribution < 1.29 is 28.6 Å². The maximum Gasteiger partial charge on any atom is 0.306 e. The number of carbonyl (C=O) groups excluding carboxylic acids is 3. The molecule has 1 atom stereocenters. The van der Waals surface area contributed by atoms with Crippen LogP contribution in [0.25, 0.3) is 0 Å². The summed E-state index contributed by atoms with van der Waals surface area (Å²) < 4.78 is 16.9. The molecule has 0 amide bonds. The van der Waals surface area contributed by atoms with Crippen molar-refractivity contribution in [3.63, 3.8) is 0 Å². The number of unbranched alkanes of at least 4 members (excludes halogenated alkanes) is 25. The van der Waals surface area contributed by atoms with Crippen LogP contribution in [0.4, 0.5) is 0 Å². The van der Waals surface area contributed by atoms with E-state index in [0.29, 0.717) is 19.3 Å². The van der Waals surface area contributed by atoms with Gasteiger partial charge < -0.3 is 14.2 Å². The van der Waals surface area contributed by atoms with Crippen LogP contribution in [0.1, 0.15) is 290 Å². The Morgan fingerprint density at radius 3 is 0.810 bits per heavy atom. The summed E-state index contributed by atoms with van der Waals surface area (Å²) in [6, 6.07) is 0. The molecule has 6 nitrogen and oxygen atoms in total. The van der Waals surface area contributed by atoms with E-state index in [4.69, 9.17) is 14.2 Å². The first-order chi connectivity index (χ1) is 39.0. The quantitative estimate of drug-likeness (QED) is 0.0261. The summed E-state index contributed by atoms with van der Waals surface area (Å²) in [6.45, 7) is 6.48. The topological polar surface area (TPSA) is 78.9 Å².